The predicted octanol–water partition coefficient (Wildman–Crippen LogP) is 2.46. The Kier molecular flexibility index (Phi) is 12.8. The van der Waals surface area contributed by atoms with Crippen molar-refractivity contribution in [1.29, 1.82) is 0 Å². The molecule has 10 nitrogen and oxygen atoms in total. The van der Waals surface area contributed by atoms with Crippen LogP contribution in [-0.2, 0) is 23.9 Å². The molecular weight excluding hydrogens is 509 g/mol. The van der Waals surface area contributed by atoms with Gasteiger partial charge in [0.25, 0.3) is 5.91 Å². The van der Waals surface area contributed by atoms with E-state index in [1.165, 1.54) is 27.2 Å². The fourth-order valence-corrected chi connectivity index (χ4v) is 4.13. The van der Waals surface area contributed by atoms with Gasteiger partial charge in [0.2, 0.25) is 11.6 Å². The Balaban J connectivity index is 2.42. The van der Waals surface area contributed by atoms with Crippen LogP contribution in [0.3, 0.4) is 0 Å². The molecule has 0 fully saturated rings. The zero-order valence-electron chi connectivity index (χ0n) is 22.8. The Morgan fingerprint density at radius 3 is 2.64 bits per heavy atom. The fourth-order valence-electron chi connectivity index (χ4n) is 4.13. The summed E-state index contributed by atoms with van der Waals surface area (Å²) in [6.07, 6.45) is 6.61. The zero-order chi connectivity index (χ0) is 28.9. The van der Waals surface area contributed by atoms with Crippen molar-refractivity contribution in [2.24, 2.45) is 0 Å². The van der Waals surface area contributed by atoms with Crippen LogP contribution in [-0.4, -0.2) is 74.4 Å². The molecule has 0 aromatic heterocycles. The number of alkyl halides is 1. The topological polar surface area (TPSA) is 143 Å². The second-order valence-corrected chi connectivity index (χ2v) is 9.27. The van der Waals surface area contributed by atoms with Crippen LogP contribution in [0.5, 0.6) is 0 Å². The molecule has 2 aliphatic rings. The average Bonchev–Trinajstić information content (AvgIpc) is 2.91. The standard InChI is InChI=1S/C28H38FN3O7/c1-17-12-13-19(33)9-5-6-10-20-24(31-15-14-29)22(34)16-21(25(20)35)32-27(36)18(2)8-7-11-23(38-4)26(17)39-28(37)30-3/h7-8,11-12,16,19,23,26,31,33H,5-6,9-10,13-15H2,1-4H3,(H,30,37)(H,32,36)/b11-7-,17-12+,18-8+/t19?,23-,26?/m0/s1. The summed E-state index contributed by atoms with van der Waals surface area (Å²) < 4.78 is 23.8. The lowest BCUT2D eigenvalue weighted by atomic mass is 9.92. The van der Waals surface area contributed by atoms with Crippen LogP contribution in [0.4, 0.5) is 9.18 Å². The van der Waals surface area contributed by atoms with Crippen molar-refractivity contribution in [2.75, 3.05) is 27.4 Å². The van der Waals surface area contributed by atoms with Crippen molar-refractivity contribution in [3.8, 4) is 0 Å². The van der Waals surface area contributed by atoms with Gasteiger partial charge in [0.15, 0.2) is 6.10 Å². The molecule has 214 valence electrons. The third-order valence-corrected chi connectivity index (χ3v) is 6.38. The fraction of sp³-hybridized carbons (Fsp3) is 0.500. The second kappa shape index (κ2) is 15.7. The molecule has 3 atom stereocenters. The van der Waals surface area contributed by atoms with Gasteiger partial charge in [-0.1, -0.05) is 30.7 Å². The van der Waals surface area contributed by atoms with E-state index in [1.807, 2.05) is 0 Å². The number of hydrogen-bond acceptors (Lipinski definition) is 8. The van der Waals surface area contributed by atoms with Crippen molar-refractivity contribution in [3.63, 3.8) is 0 Å². The molecular formula is C28H38FN3O7. The van der Waals surface area contributed by atoms with Crippen molar-refractivity contribution < 1.29 is 38.1 Å². The molecule has 39 heavy (non-hydrogen) atoms. The molecule has 0 spiro atoms. The first-order valence-corrected chi connectivity index (χ1v) is 12.9. The highest BCUT2D eigenvalue weighted by molar-refractivity contribution is 6.23. The van der Waals surface area contributed by atoms with E-state index >= 15 is 0 Å². The number of nitrogens with one attached hydrogen (secondary N) is 3. The number of alkyl carbamates (subject to hydrolysis) is 1. The van der Waals surface area contributed by atoms with Crippen LogP contribution in [0.25, 0.3) is 0 Å². The first-order valence-electron chi connectivity index (χ1n) is 12.9. The normalized spacial score (nSPS) is 27.4. The molecule has 0 aromatic rings. The number of aliphatic hydroxyl groups excluding tert-OH is 1. The van der Waals surface area contributed by atoms with Gasteiger partial charge in [0, 0.05) is 37.9 Å². The molecule has 0 saturated heterocycles. The van der Waals surface area contributed by atoms with Gasteiger partial charge in [-0.15, -0.1) is 0 Å². The van der Waals surface area contributed by atoms with Crippen LogP contribution >= 0.6 is 0 Å². The minimum absolute atomic E-state index is 0.0311. The first-order chi connectivity index (χ1) is 18.6. The molecule has 1 heterocycles. The third-order valence-electron chi connectivity index (χ3n) is 6.38. The lowest BCUT2D eigenvalue weighted by Crippen LogP contribution is -2.36. The molecule has 0 radical (unpaired) electrons. The van der Waals surface area contributed by atoms with E-state index in [0.29, 0.717) is 31.3 Å². The van der Waals surface area contributed by atoms with Crippen molar-refractivity contribution in [1.82, 2.24) is 16.0 Å². The lowest BCUT2D eigenvalue weighted by molar-refractivity contribution is -0.120. The predicted molar refractivity (Wildman–Crippen MR) is 143 cm³/mol. The quantitative estimate of drug-likeness (QED) is 0.304. The SMILES string of the molecule is CNC(=O)OC1/C(C)=C/CC(O)CCCCC2=C(NCCF)C(=O)C=C(NC(=O)/C(C)=C/C=C\[C@@H]1OC)C2=O. The highest BCUT2D eigenvalue weighted by atomic mass is 19.1. The van der Waals surface area contributed by atoms with E-state index in [9.17, 15) is 28.7 Å². The number of aliphatic hydroxyl groups is 1. The number of hydrogen-bond donors (Lipinski definition) is 4. The molecule has 2 amide bonds. The van der Waals surface area contributed by atoms with Gasteiger partial charge < -0.3 is 30.5 Å². The maximum Gasteiger partial charge on any atom is 0.407 e. The summed E-state index contributed by atoms with van der Waals surface area (Å²) in [6.45, 7) is 2.46. The average molecular weight is 548 g/mol. The minimum Gasteiger partial charge on any atom is -0.439 e. The van der Waals surface area contributed by atoms with Crippen molar-refractivity contribution in [3.05, 3.63) is 58.5 Å². The number of rotatable bonds is 5. The Hall–Kier alpha value is -3.57. The molecule has 11 heteroatoms. The molecule has 0 aromatic carbocycles. The van der Waals surface area contributed by atoms with Gasteiger partial charge in [-0.05, 0) is 45.1 Å². The van der Waals surface area contributed by atoms with Crippen LogP contribution < -0.4 is 16.0 Å². The smallest absolute Gasteiger partial charge is 0.407 e. The number of ether oxygens (including phenoxy) is 2. The summed E-state index contributed by atoms with van der Waals surface area (Å²) >= 11 is 0. The molecule has 0 saturated carbocycles. The Morgan fingerprint density at radius 2 is 1.97 bits per heavy atom. The zero-order valence-corrected chi connectivity index (χ0v) is 22.8. The van der Waals surface area contributed by atoms with Crippen LogP contribution in [0, 0.1) is 0 Å². The molecule has 2 bridgehead atoms. The second-order valence-electron chi connectivity index (χ2n) is 9.27. The van der Waals surface area contributed by atoms with Gasteiger partial charge in [-0.2, -0.15) is 0 Å². The highest BCUT2D eigenvalue weighted by Gasteiger charge is 2.30. The van der Waals surface area contributed by atoms with E-state index in [-0.39, 0.29) is 35.5 Å². The summed E-state index contributed by atoms with van der Waals surface area (Å²) in [4.78, 5) is 50.7. The van der Waals surface area contributed by atoms with Gasteiger partial charge in [0.1, 0.15) is 12.8 Å². The Bertz CT molecular complexity index is 1090. The van der Waals surface area contributed by atoms with E-state index in [0.717, 1.165) is 6.08 Å². The number of carbonyl (C=O) groups is 4. The van der Waals surface area contributed by atoms with Gasteiger partial charge in [-0.25, -0.2) is 9.18 Å². The van der Waals surface area contributed by atoms with E-state index < -0.39 is 48.6 Å². The third kappa shape index (κ3) is 9.29. The van der Waals surface area contributed by atoms with Crippen molar-refractivity contribution >= 4 is 23.6 Å². The van der Waals surface area contributed by atoms with Crippen molar-refractivity contribution in [2.45, 2.75) is 64.3 Å². The Morgan fingerprint density at radius 1 is 1.23 bits per heavy atom. The molecule has 2 rings (SSSR count). The van der Waals surface area contributed by atoms with E-state index in [4.69, 9.17) is 9.47 Å². The number of allylic oxidation sites excluding steroid dienone is 4. The number of ketones is 2. The first kappa shape index (κ1) is 31.6. The maximum absolute atomic E-state index is 13.2. The van der Waals surface area contributed by atoms with Gasteiger partial charge in [0.05, 0.1) is 17.5 Å². The van der Waals surface area contributed by atoms with Gasteiger partial charge >= 0.3 is 6.09 Å². The number of Topliss-reactive ketones (excluding diaryl/α,β-unsaturated/α-hetero) is 1. The number of halogens is 1. The summed E-state index contributed by atoms with van der Waals surface area (Å²) in [5.74, 6) is -1.62. The maximum atomic E-state index is 13.2. The number of carbonyl (C=O) groups excluding carboxylic acids is 4. The lowest BCUT2D eigenvalue weighted by Gasteiger charge is -2.25. The molecule has 4 N–H and O–H groups in total. The number of fused-ring (bicyclic) bond motifs is 2. The molecule has 1 aliphatic heterocycles. The summed E-state index contributed by atoms with van der Waals surface area (Å²) in [5, 5.41) is 18.1. The van der Waals surface area contributed by atoms with Gasteiger partial charge in [-0.3, -0.25) is 14.4 Å². The number of amides is 2. The summed E-state index contributed by atoms with van der Waals surface area (Å²) in [5.41, 5.74) is 0.959. The van der Waals surface area contributed by atoms with Crippen LogP contribution in [0.2, 0.25) is 0 Å². The van der Waals surface area contributed by atoms with Crippen LogP contribution in [0.15, 0.2) is 58.5 Å². The summed E-state index contributed by atoms with van der Waals surface area (Å²) in [7, 11) is 2.89. The summed E-state index contributed by atoms with van der Waals surface area (Å²) in [6, 6.07) is 0. The largest absolute Gasteiger partial charge is 0.439 e. The van der Waals surface area contributed by atoms with E-state index in [2.05, 4.69) is 16.0 Å². The highest BCUT2D eigenvalue weighted by Crippen LogP contribution is 2.23. The molecule has 2 unspecified atom stereocenters. The number of methoxy groups -OCH3 is 1. The monoisotopic (exact) mass is 547 g/mol. The Labute approximate surface area is 228 Å². The van der Waals surface area contributed by atoms with E-state index in [1.54, 1.807) is 25.2 Å². The van der Waals surface area contributed by atoms with Crippen LogP contribution in [0.1, 0.15) is 46.0 Å². The minimum atomic E-state index is -0.793. The molecule has 1 aliphatic carbocycles.